The Kier molecular flexibility index (Phi) is 6.51. The second kappa shape index (κ2) is 9.78. The number of hydrogen-bond donors (Lipinski definition) is 1. The molecule has 4 nitrogen and oxygen atoms in total. The van der Waals surface area contributed by atoms with E-state index in [-0.39, 0.29) is 31.6 Å². The first-order chi connectivity index (χ1) is 17.5. The summed E-state index contributed by atoms with van der Waals surface area (Å²) in [7, 11) is 0. The SMILES string of the molecule is CC(=O)/C=C(/C)O.[Ir].[c-]1ccc2oc3ccccc3c2c1-c1cc2c3c(cccc3n1)-c1ccccc1-2. The molecule has 7 rings (SSSR count). The fourth-order valence-corrected chi connectivity index (χ4v) is 5.01. The zero-order chi connectivity index (χ0) is 24.8. The number of aromatic nitrogens is 1. The number of aliphatic hydroxyl groups is 1. The van der Waals surface area contributed by atoms with Crippen molar-refractivity contribution in [2.24, 2.45) is 0 Å². The summed E-state index contributed by atoms with van der Waals surface area (Å²) >= 11 is 0. The van der Waals surface area contributed by atoms with Gasteiger partial charge in [-0.15, -0.1) is 17.7 Å². The molecule has 1 radical (unpaired) electrons. The predicted octanol–water partition coefficient (Wildman–Crippen LogP) is 8.28. The third-order valence-corrected chi connectivity index (χ3v) is 6.34. The minimum absolute atomic E-state index is 0. The molecule has 4 aromatic carbocycles. The van der Waals surface area contributed by atoms with E-state index in [1.54, 1.807) is 0 Å². The van der Waals surface area contributed by atoms with Crippen molar-refractivity contribution < 1.29 is 34.4 Å². The molecule has 0 aliphatic heterocycles. The molecule has 183 valence electrons. The van der Waals surface area contributed by atoms with Crippen LogP contribution in [0.2, 0.25) is 0 Å². The maximum Gasteiger partial charge on any atom is 0.155 e. The Morgan fingerprint density at radius 2 is 1.54 bits per heavy atom. The van der Waals surface area contributed by atoms with Gasteiger partial charge in [0.1, 0.15) is 5.58 Å². The van der Waals surface area contributed by atoms with Gasteiger partial charge in [-0.05, 0) is 59.3 Å². The molecule has 1 N–H and O–H groups in total. The molecule has 0 spiro atoms. The molecular weight excluding hydrogens is 639 g/mol. The predicted molar refractivity (Wildman–Crippen MR) is 145 cm³/mol. The third kappa shape index (κ3) is 4.27. The van der Waals surface area contributed by atoms with E-state index in [0.717, 1.165) is 38.7 Å². The van der Waals surface area contributed by atoms with Crippen molar-refractivity contribution in [3.63, 3.8) is 0 Å². The van der Waals surface area contributed by atoms with E-state index in [9.17, 15) is 4.79 Å². The molecule has 0 amide bonds. The Balaban J connectivity index is 0.000000313. The molecule has 2 heterocycles. The smallest absolute Gasteiger partial charge is 0.155 e. The molecule has 0 saturated carbocycles. The van der Waals surface area contributed by atoms with Gasteiger partial charge in [-0.1, -0.05) is 72.1 Å². The Morgan fingerprint density at radius 1 is 0.838 bits per heavy atom. The molecule has 0 saturated heterocycles. The van der Waals surface area contributed by atoms with Crippen molar-refractivity contribution >= 4 is 38.6 Å². The average molecular weight is 661 g/mol. The summed E-state index contributed by atoms with van der Waals surface area (Å²) in [6.07, 6.45) is 1.17. The minimum atomic E-state index is -0.125. The first kappa shape index (κ1) is 24.6. The van der Waals surface area contributed by atoms with Gasteiger partial charge >= 0.3 is 0 Å². The number of rotatable bonds is 2. The van der Waals surface area contributed by atoms with Crippen LogP contribution in [0.5, 0.6) is 0 Å². The van der Waals surface area contributed by atoms with Crippen LogP contribution in [0.1, 0.15) is 13.8 Å². The molecule has 0 unspecified atom stereocenters. The number of hydrogen-bond acceptors (Lipinski definition) is 4. The van der Waals surface area contributed by atoms with Gasteiger partial charge < -0.3 is 9.52 Å². The van der Waals surface area contributed by atoms with Crippen LogP contribution in [-0.4, -0.2) is 15.9 Å². The van der Waals surface area contributed by atoms with Crippen LogP contribution >= 0.6 is 0 Å². The first-order valence-electron chi connectivity index (χ1n) is 11.7. The summed E-state index contributed by atoms with van der Waals surface area (Å²) in [4.78, 5) is 15.1. The molecular formula is C32H22IrNO3-. The number of aliphatic hydroxyl groups excluding tert-OH is 1. The van der Waals surface area contributed by atoms with Crippen LogP contribution in [0.15, 0.2) is 101 Å². The summed E-state index contributed by atoms with van der Waals surface area (Å²) in [5.41, 5.74) is 9.75. The molecule has 1 aliphatic carbocycles. The molecule has 37 heavy (non-hydrogen) atoms. The minimum Gasteiger partial charge on any atom is -0.512 e. The fraction of sp³-hybridized carbons (Fsp3) is 0.0625. The molecule has 1 aliphatic rings. The monoisotopic (exact) mass is 661 g/mol. The maximum absolute atomic E-state index is 10.0. The number of nitrogens with zero attached hydrogens (tertiary/aromatic N) is 1. The zero-order valence-corrected chi connectivity index (χ0v) is 22.6. The van der Waals surface area contributed by atoms with Crippen LogP contribution < -0.4 is 0 Å². The van der Waals surface area contributed by atoms with Crippen LogP contribution in [0.25, 0.3) is 66.4 Å². The van der Waals surface area contributed by atoms with Crippen LogP contribution in [0.4, 0.5) is 0 Å². The number of carbonyl (C=O) groups is 1. The van der Waals surface area contributed by atoms with E-state index < -0.39 is 0 Å². The van der Waals surface area contributed by atoms with Gasteiger partial charge in [0, 0.05) is 31.6 Å². The molecule has 0 atom stereocenters. The number of pyridine rings is 1. The Bertz CT molecular complexity index is 1840. The van der Waals surface area contributed by atoms with Crippen molar-refractivity contribution in [3.8, 4) is 33.5 Å². The van der Waals surface area contributed by atoms with Crippen LogP contribution in [0.3, 0.4) is 0 Å². The van der Waals surface area contributed by atoms with Crippen molar-refractivity contribution in [2.45, 2.75) is 13.8 Å². The normalized spacial score (nSPS) is 11.7. The van der Waals surface area contributed by atoms with E-state index in [0.29, 0.717) is 0 Å². The van der Waals surface area contributed by atoms with E-state index in [4.69, 9.17) is 14.5 Å². The molecule has 0 fully saturated rings. The zero-order valence-electron chi connectivity index (χ0n) is 20.2. The summed E-state index contributed by atoms with van der Waals surface area (Å²) < 4.78 is 6.08. The number of para-hydroxylation sites is 1. The number of fused-ring (bicyclic) bond motifs is 6. The summed E-state index contributed by atoms with van der Waals surface area (Å²) in [5, 5.41) is 11.8. The van der Waals surface area contributed by atoms with Crippen LogP contribution in [0, 0.1) is 6.07 Å². The molecule has 5 heteroatoms. The van der Waals surface area contributed by atoms with Gasteiger partial charge in [0.2, 0.25) is 0 Å². The molecule has 6 aromatic rings. The topological polar surface area (TPSA) is 63.3 Å². The van der Waals surface area contributed by atoms with Crippen molar-refractivity contribution in [2.75, 3.05) is 0 Å². The number of carbonyl (C=O) groups excluding carboxylic acids is 1. The van der Waals surface area contributed by atoms with Gasteiger partial charge in [0.25, 0.3) is 0 Å². The van der Waals surface area contributed by atoms with Gasteiger partial charge in [-0.3, -0.25) is 9.78 Å². The number of benzene rings is 4. The third-order valence-electron chi connectivity index (χ3n) is 6.34. The standard InChI is InChI=1S/C27H14NO.C5H8O2.Ir/c1-2-8-17-16(7-1)18-10-5-12-22-26(18)21(17)15-23(28-22)19-11-6-14-25-27(19)20-9-3-4-13-24(20)29-25;1-4(6)3-5(2)7;/h1-10,12-15H;3,6H,1-2H3;/q-1;;/b;4-3-;. The number of furan rings is 1. The second-order valence-corrected chi connectivity index (χ2v) is 8.89. The quantitative estimate of drug-likeness (QED) is 0.115. The van der Waals surface area contributed by atoms with Gasteiger partial charge in [-0.25, -0.2) is 0 Å². The van der Waals surface area contributed by atoms with Gasteiger partial charge in [0.15, 0.2) is 5.78 Å². The van der Waals surface area contributed by atoms with Crippen molar-refractivity contribution in [1.29, 1.82) is 0 Å². The maximum atomic E-state index is 10.0. The van der Waals surface area contributed by atoms with Crippen LogP contribution in [-0.2, 0) is 24.9 Å². The molecule has 0 bridgehead atoms. The van der Waals surface area contributed by atoms with Crippen molar-refractivity contribution in [3.05, 3.63) is 103 Å². The van der Waals surface area contributed by atoms with E-state index in [1.165, 1.54) is 47.6 Å². The fourth-order valence-electron chi connectivity index (χ4n) is 5.01. The van der Waals surface area contributed by atoms with Crippen molar-refractivity contribution in [1.82, 2.24) is 4.98 Å². The average Bonchev–Trinajstić information content (AvgIpc) is 3.41. The Labute approximate surface area is 227 Å². The summed E-state index contributed by atoms with van der Waals surface area (Å²) in [5.74, 6) is -0.0625. The van der Waals surface area contributed by atoms with E-state index in [2.05, 4.69) is 60.7 Å². The summed E-state index contributed by atoms with van der Waals surface area (Å²) in [6, 6.07) is 32.7. The second-order valence-electron chi connectivity index (χ2n) is 8.89. The number of allylic oxidation sites excluding steroid dienone is 2. The van der Waals surface area contributed by atoms with E-state index in [1.807, 2.05) is 30.3 Å². The van der Waals surface area contributed by atoms with E-state index >= 15 is 0 Å². The largest absolute Gasteiger partial charge is 0.512 e. The molecule has 2 aromatic heterocycles. The van der Waals surface area contributed by atoms with Gasteiger partial charge in [0.05, 0.1) is 16.9 Å². The Morgan fingerprint density at radius 3 is 2.27 bits per heavy atom. The van der Waals surface area contributed by atoms with Gasteiger partial charge in [-0.2, -0.15) is 0 Å². The first-order valence-corrected chi connectivity index (χ1v) is 11.7. The summed E-state index contributed by atoms with van der Waals surface area (Å²) in [6.45, 7) is 2.85. The Hall–Kier alpha value is -4.05. The number of ketones is 1.